The van der Waals surface area contributed by atoms with Crippen molar-refractivity contribution in [3.63, 3.8) is 0 Å². The molecule has 0 aromatic heterocycles. The highest BCUT2D eigenvalue weighted by atomic mass is 32.1. The Hall–Kier alpha value is -1.30. The van der Waals surface area contributed by atoms with E-state index < -0.39 is 11.7 Å². The maximum Gasteiger partial charge on any atom is 0.416 e. The van der Waals surface area contributed by atoms with E-state index in [2.05, 4.69) is 5.32 Å². The SMILES string of the molecule is CNC(=S)COc1cccc(C(F)(F)F)c1. The molecular weight excluding hydrogens is 239 g/mol. The van der Waals surface area contributed by atoms with Crippen LogP contribution in [-0.4, -0.2) is 18.6 Å². The van der Waals surface area contributed by atoms with Gasteiger partial charge < -0.3 is 10.1 Å². The third-order valence-electron chi connectivity index (χ3n) is 1.81. The van der Waals surface area contributed by atoms with Crippen LogP contribution in [0.2, 0.25) is 0 Å². The summed E-state index contributed by atoms with van der Waals surface area (Å²) >= 11 is 4.80. The fourth-order valence-corrected chi connectivity index (χ4v) is 1.04. The van der Waals surface area contributed by atoms with Gasteiger partial charge in [-0.2, -0.15) is 13.2 Å². The van der Waals surface area contributed by atoms with Crippen molar-refractivity contribution in [1.82, 2.24) is 5.32 Å². The van der Waals surface area contributed by atoms with E-state index in [1.807, 2.05) is 0 Å². The van der Waals surface area contributed by atoms with Crippen molar-refractivity contribution in [2.45, 2.75) is 6.18 Å². The molecule has 16 heavy (non-hydrogen) atoms. The summed E-state index contributed by atoms with van der Waals surface area (Å²) in [6, 6.07) is 4.68. The van der Waals surface area contributed by atoms with Gasteiger partial charge in [-0.15, -0.1) is 0 Å². The summed E-state index contributed by atoms with van der Waals surface area (Å²) in [6.45, 7) is 0.0626. The topological polar surface area (TPSA) is 21.3 Å². The van der Waals surface area contributed by atoms with E-state index >= 15 is 0 Å². The molecule has 0 aliphatic heterocycles. The summed E-state index contributed by atoms with van der Waals surface area (Å²) in [5, 5.41) is 2.66. The minimum atomic E-state index is -4.36. The minimum absolute atomic E-state index is 0.0626. The molecule has 0 saturated carbocycles. The largest absolute Gasteiger partial charge is 0.486 e. The van der Waals surface area contributed by atoms with Gasteiger partial charge in [-0.25, -0.2) is 0 Å². The van der Waals surface area contributed by atoms with Crippen molar-refractivity contribution in [3.8, 4) is 5.75 Å². The quantitative estimate of drug-likeness (QED) is 0.832. The molecule has 0 amide bonds. The highest BCUT2D eigenvalue weighted by Crippen LogP contribution is 2.31. The van der Waals surface area contributed by atoms with Crippen molar-refractivity contribution in [1.29, 1.82) is 0 Å². The molecule has 0 spiro atoms. The van der Waals surface area contributed by atoms with Crippen LogP contribution in [0.3, 0.4) is 0 Å². The Labute approximate surface area is 96.4 Å². The van der Waals surface area contributed by atoms with Gasteiger partial charge in [0.1, 0.15) is 17.3 Å². The lowest BCUT2D eigenvalue weighted by Gasteiger charge is -2.10. The number of ether oxygens (including phenoxy) is 1. The van der Waals surface area contributed by atoms with Gasteiger partial charge in [-0.3, -0.25) is 0 Å². The van der Waals surface area contributed by atoms with Crippen molar-refractivity contribution in [2.24, 2.45) is 0 Å². The Morgan fingerprint density at radius 1 is 1.44 bits per heavy atom. The zero-order valence-electron chi connectivity index (χ0n) is 8.47. The van der Waals surface area contributed by atoms with Gasteiger partial charge in [-0.05, 0) is 18.2 Å². The minimum Gasteiger partial charge on any atom is -0.486 e. The first-order chi connectivity index (χ1) is 7.43. The van der Waals surface area contributed by atoms with Crippen LogP contribution in [0.5, 0.6) is 5.75 Å². The van der Waals surface area contributed by atoms with E-state index in [1.165, 1.54) is 12.1 Å². The summed E-state index contributed by atoms with van der Waals surface area (Å²) in [4.78, 5) is 0.428. The molecule has 0 saturated heterocycles. The van der Waals surface area contributed by atoms with Crippen LogP contribution < -0.4 is 10.1 Å². The second-order valence-corrected chi connectivity index (χ2v) is 3.48. The van der Waals surface area contributed by atoms with Crippen LogP contribution >= 0.6 is 12.2 Å². The standard InChI is InChI=1S/C10H10F3NOS/c1-14-9(16)6-15-8-4-2-3-7(5-8)10(11,12)13/h2-5H,6H2,1H3,(H,14,16). The van der Waals surface area contributed by atoms with Crippen LogP contribution in [0.15, 0.2) is 24.3 Å². The molecule has 1 aromatic rings. The number of halogens is 3. The Morgan fingerprint density at radius 2 is 2.12 bits per heavy atom. The first kappa shape index (κ1) is 12.8. The fraction of sp³-hybridized carbons (Fsp3) is 0.300. The molecule has 0 atom stereocenters. The first-order valence-electron chi connectivity index (χ1n) is 4.44. The smallest absolute Gasteiger partial charge is 0.416 e. The molecule has 1 aromatic carbocycles. The summed E-state index contributed by atoms with van der Waals surface area (Å²) in [5.74, 6) is 0.146. The Bertz CT molecular complexity index is 379. The third-order valence-corrected chi connectivity index (χ3v) is 2.13. The van der Waals surface area contributed by atoms with E-state index in [0.717, 1.165) is 12.1 Å². The van der Waals surface area contributed by atoms with Crippen LogP contribution in [0, 0.1) is 0 Å². The average Bonchev–Trinajstić information content (AvgIpc) is 2.25. The van der Waals surface area contributed by atoms with Gasteiger partial charge in [0.25, 0.3) is 0 Å². The summed E-state index contributed by atoms with van der Waals surface area (Å²) in [5.41, 5.74) is -0.736. The summed E-state index contributed by atoms with van der Waals surface area (Å²) in [7, 11) is 1.62. The predicted octanol–water partition coefficient (Wildman–Crippen LogP) is 2.63. The number of alkyl halides is 3. The number of benzene rings is 1. The van der Waals surface area contributed by atoms with Crippen molar-refractivity contribution < 1.29 is 17.9 Å². The molecule has 0 fully saturated rings. The second-order valence-electron chi connectivity index (χ2n) is 2.99. The van der Waals surface area contributed by atoms with E-state index in [4.69, 9.17) is 17.0 Å². The van der Waals surface area contributed by atoms with Gasteiger partial charge in [0.05, 0.1) is 5.56 Å². The Morgan fingerprint density at radius 3 is 2.69 bits per heavy atom. The predicted molar refractivity (Wildman–Crippen MR) is 58.6 cm³/mol. The normalized spacial score (nSPS) is 11.0. The summed E-state index contributed by atoms with van der Waals surface area (Å²) < 4.78 is 42.1. The molecule has 2 nitrogen and oxygen atoms in total. The molecule has 88 valence electrons. The van der Waals surface area contributed by atoms with Crippen LogP contribution in [-0.2, 0) is 6.18 Å². The molecule has 1 rings (SSSR count). The van der Waals surface area contributed by atoms with Gasteiger partial charge in [0.2, 0.25) is 0 Å². The van der Waals surface area contributed by atoms with Crippen LogP contribution in [0.25, 0.3) is 0 Å². The van der Waals surface area contributed by atoms with Crippen molar-refractivity contribution in [3.05, 3.63) is 29.8 Å². The molecule has 0 heterocycles. The molecule has 0 unspecified atom stereocenters. The fourth-order valence-electron chi connectivity index (χ4n) is 0.983. The Kier molecular flexibility index (Phi) is 4.12. The molecule has 0 aliphatic rings. The average molecular weight is 249 g/mol. The first-order valence-corrected chi connectivity index (χ1v) is 4.85. The van der Waals surface area contributed by atoms with Crippen molar-refractivity contribution in [2.75, 3.05) is 13.7 Å². The number of thiocarbonyl (C=S) groups is 1. The zero-order chi connectivity index (χ0) is 12.2. The molecule has 1 N–H and O–H groups in total. The number of rotatable bonds is 3. The van der Waals surface area contributed by atoms with Gasteiger partial charge in [0, 0.05) is 7.05 Å². The molecule has 0 radical (unpaired) electrons. The van der Waals surface area contributed by atoms with Crippen LogP contribution in [0.4, 0.5) is 13.2 Å². The van der Waals surface area contributed by atoms with E-state index in [-0.39, 0.29) is 12.4 Å². The maximum absolute atomic E-state index is 12.3. The van der Waals surface area contributed by atoms with Gasteiger partial charge in [0.15, 0.2) is 0 Å². The lowest BCUT2D eigenvalue weighted by atomic mass is 10.2. The molecule has 0 aliphatic carbocycles. The molecular formula is C10H10F3NOS. The molecule has 0 bridgehead atoms. The van der Waals surface area contributed by atoms with E-state index in [0.29, 0.717) is 4.99 Å². The lowest BCUT2D eigenvalue weighted by Crippen LogP contribution is -2.22. The van der Waals surface area contributed by atoms with E-state index in [1.54, 1.807) is 7.05 Å². The third kappa shape index (κ3) is 3.69. The number of likely N-dealkylation sites (N-methyl/N-ethyl adjacent to an activating group) is 1. The van der Waals surface area contributed by atoms with E-state index in [9.17, 15) is 13.2 Å². The lowest BCUT2D eigenvalue weighted by molar-refractivity contribution is -0.137. The number of nitrogens with one attached hydrogen (secondary N) is 1. The highest BCUT2D eigenvalue weighted by molar-refractivity contribution is 7.80. The monoisotopic (exact) mass is 249 g/mol. The number of hydrogen-bond donors (Lipinski definition) is 1. The number of hydrogen-bond acceptors (Lipinski definition) is 2. The highest BCUT2D eigenvalue weighted by Gasteiger charge is 2.30. The van der Waals surface area contributed by atoms with Crippen molar-refractivity contribution >= 4 is 17.2 Å². The van der Waals surface area contributed by atoms with Gasteiger partial charge in [-0.1, -0.05) is 18.3 Å². The molecule has 6 heteroatoms. The maximum atomic E-state index is 12.3. The second kappa shape index (κ2) is 5.16. The van der Waals surface area contributed by atoms with Gasteiger partial charge >= 0.3 is 6.18 Å². The zero-order valence-corrected chi connectivity index (χ0v) is 9.28. The Balaban J connectivity index is 2.72. The summed E-state index contributed by atoms with van der Waals surface area (Å²) in [6.07, 6.45) is -4.36. The van der Waals surface area contributed by atoms with Crippen LogP contribution in [0.1, 0.15) is 5.56 Å².